The van der Waals surface area contributed by atoms with Gasteiger partial charge in [-0.3, -0.25) is 4.79 Å². The molecule has 3 rings (SSSR count). The first-order chi connectivity index (χ1) is 12.5. The molecular weight excluding hydrogens is 332 g/mol. The van der Waals surface area contributed by atoms with E-state index < -0.39 is 0 Å². The van der Waals surface area contributed by atoms with E-state index in [0.29, 0.717) is 18.3 Å². The summed E-state index contributed by atoms with van der Waals surface area (Å²) in [5.41, 5.74) is 7.90. The smallest absolute Gasteiger partial charge is 0.309 e. The second kappa shape index (κ2) is 8.09. The van der Waals surface area contributed by atoms with Crippen molar-refractivity contribution < 1.29 is 14.4 Å². The van der Waals surface area contributed by atoms with Crippen molar-refractivity contribution in [2.24, 2.45) is 5.92 Å². The Morgan fingerprint density at radius 1 is 1.27 bits per heavy atom. The Morgan fingerprint density at radius 3 is 2.69 bits per heavy atom. The number of ether oxygens (including phenoxy) is 1. The first kappa shape index (κ1) is 18.1. The standard InChI is InChI=1S/C18H24N6O2/c1-12-5-3-4-6-14(12)20-18-22-15(21-17(19)23-18)11-24-9-7-13(8-10-24)16(25)26-2/h3-6,13H,7-11H2,1-2H3,(H3,19,20,21,22,23)/p+1. The van der Waals surface area contributed by atoms with E-state index in [1.54, 1.807) is 0 Å². The normalized spacial score (nSPS) is 19.8. The molecule has 0 unspecified atom stereocenters. The molecule has 1 aromatic carbocycles. The number of carbonyl (C=O) groups excluding carboxylic acids is 1. The molecule has 0 bridgehead atoms. The zero-order chi connectivity index (χ0) is 18.5. The summed E-state index contributed by atoms with van der Waals surface area (Å²) in [6.45, 7) is 4.43. The minimum absolute atomic E-state index is 0.00506. The van der Waals surface area contributed by atoms with Crippen LogP contribution in [0.5, 0.6) is 0 Å². The summed E-state index contributed by atoms with van der Waals surface area (Å²) in [7, 11) is 1.44. The van der Waals surface area contributed by atoms with Crippen LogP contribution in [0.1, 0.15) is 24.2 Å². The van der Waals surface area contributed by atoms with Crippen LogP contribution in [0.4, 0.5) is 17.6 Å². The van der Waals surface area contributed by atoms with E-state index in [1.165, 1.54) is 12.0 Å². The molecule has 2 heterocycles. The highest BCUT2D eigenvalue weighted by molar-refractivity contribution is 5.72. The fraction of sp³-hybridized carbons (Fsp3) is 0.444. The molecule has 1 aliphatic heterocycles. The lowest BCUT2D eigenvalue weighted by molar-refractivity contribution is -0.920. The van der Waals surface area contributed by atoms with Crippen LogP contribution in [0, 0.1) is 12.8 Å². The van der Waals surface area contributed by atoms with E-state index in [2.05, 4.69) is 20.3 Å². The molecule has 1 aliphatic rings. The van der Waals surface area contributed by atoms with Gasteiger partial charge in [-0.25, -0.2) is 0 Å². The largest absolute Gasteiger partial charge is 0.469 e. The Balaban J connectivity index is 1.65. The van der Waals surface area contributed by atoms with E-state index in [4.69, 9.17) is 10.5 Å². The highest BCUT2D eigenvalue weighted by atomic mass is 16.5. The van der Waals surface area contributed by atoms with Gasteiger partial charge in [0.1, 0.15) is 6.54 Å². The van der Waals surface area contributed by atoms with Crippen molar-refractivity contribution >= 4 is 23.6 Å². The summed E-state index contributed by atoms with van der Waals surface area (Å²) in [5, 5.41) is 3.21. The van der Waals surface area contributed by atoms with Gasteiger partial charge in [0.15, 0.2) is 5.82 Å². The SMILES string of the molecule is COC(=O)C1CC[NH+](Cc2nc(N)nc(Nc3ccccc3C)n2)CC1. The number of esters is 1. The summed E-state index contributed by atoms with van der Waals surface area (Å²) >= 11 is 0. The first-order valence-electron chi connectivity index (χ1n) is 8.79. The van der Waals surface area contributed by atoms with E-state index in [9.17, 15) is 4.79 Å². The van der Waals surface area contributed by atoms with Crippen LogP contribution < -0.4 is 16.0 Å². The lowest BCUT2D eigenvalue weighted by atomic mass is 9.97. The van der Waals surface area contributed by atoms with Crippen molar-refractivity contribution in [1.29, 1.82) is 0 Å². The Labute approximate surface area is 152 Å². The van der Waals surface area contributed by atoms with Crippen LogP contribution >= 0.6 is 0 Å². The maximum atomic E-state index is 11.6. The molecule has 0 saturated carbocycles. The van der Waals surface area contributed by atoms with E-state index >= 15 is 0 Å². The van der Waals surface area contributed by atoms with Crippen LogP contribution in [0.15, 0.2) is 24.3 Å². The third kappa shape index (κ3) is 4.45. The van der Waals surface area contributed by atoms with Crippen LogP contribution in [0.25, 0.3) is 0 Å². The zero-order valence-electron chi connectivity index (χ0n) is 15.2. The number of nitrogens with zero attached hydrogens (tertiary/aromatic N) is 3. The Hall–Kier alpha value is -2.74. The monoisotopic (exact) mass is 357 g/mol. The third-order valence-corrected chi connectivity index (χ3v) is 4.73. The van der Waals surface area contributed by atoms with Crippen LogP contribution in [-0.4, -0.2) is 41.1 Å². The highest BCUT2D eigenvalue weighted by Crippen LogP contribution is 2.17. The summed E-state index contributed by atoms with van der Waals surface area (Å²) < 4.78 is 4.83. The van der Waals surface area contributed by atoms with Crippen molar-refractivity contribution in [2.75, 3.05) is 31.2 Å². The second-order valence-corrected chi connectivity index (χ2v) is 6.60. The number of carbonyl (C=O) groups is 1. The molecule has 4 N–H and O–H groups in total. The predicted molar refractivity (Wildman–Crippen MR) is 97.8 cm³/mol. The quantitative estimate of drug-likeness (QED) is 0.668. The molecule has 2 aromatic rings. The van der Waals surface area contributed by atoms with Crippen molar-refractivity contribution in [2.45, 2.75) is 26.3 Å². The minimum atomic E-state index is -0.113. The average Bonchev–Trinajstić information content (AvgIpc) is 2.63. The van der Waals surface area contributed by atoms with Gasteiger partial charge in [0.25, 0.3) is 0 Å². The molecule has 1 saturated heterocycles. The molecule has 26 heavy (non-hydrogen) atoms. The number of hydrogen-bond donors (Lipinski definition) is 3. The van der Waals surface area contributed by atoms with Crippen LogP contribution in [-0.2, 0) is 16.1 Å². The number of benzene rings is 1. The lowest BCUT2D eigenvalue weighted by Gasteiger charge is -2.27. The number of para-hydroxylation sites is 1. The summed E-state index contributed by atoms with van der Waals surface area (Å²) in [6, 6.07) is 7.92. The fourth-order valence-electron chi connectivity index (χ4n) is 3.24. The number of nitrogen functional groups attached to an aromatic ring is 1. The number of rotatable bonds is 5. The summed E-state index contributed by atoms with van der Waals surface area (Å²) in [5.74, 6) is 1.20. The fourth-order valence-corrected chi connectivity index (χ4v) is 3.24. The number of likely N-dealkylation sites (tertiary alicyclic amines) is 1. The molecule has 0 atom stereocenters. The third-order valence-electron chi connectivity index (χ3n) is 4.73. The molecule has 138 valence electrons. The van der Waals surface area contributed by atoms with Crippen molar-refractivity contribution in [3.05, 3.63) is 35.7 Å². The van der Waals surface area contributed by atoms with Crippen LogP contribution in [0.3, 0.4) is 0 Å². The van der Waals surface area contributed by atoms with Crippen molar-refractivity contribution in [3.8, 4) is 0 Å². The maximum Gasteiger partial charge on any atom is 0.309 e. The maximum absolute atomic E-state index is 11.6. The Kier molecular flexibility index (Phi) is 5.62. The average molecular weight is 357 g/mol. The number of hydrogen-bond acceptors (Lipinski definition) is 7. The Morgan fingerprint density at radius 2 is 2.00 bits per heavy atom. The topological polar surface area (TPSA) is 107 Å². The molecule has 0 amide bonds. The summed E-state index contributed by atoms with van der Waals surface area (Å²) in [4.78, 5) is 25.9. The van der Waals surface area contributed by atoms with Crippen molar-refractivity contribution in [1.82, 2.24) is 15.0 Å². The lowest BCUT2D eigenvalue weighted by Crippen LogP contribution is -3.12. The van der Waals surface area contributed by atoms with Crippen LogP contribution in [0.2, 0.25) is 0 Å². The van der Waals surface area contributed by atoms with Gasteiger partial charge in [-0.15, -0.1) is 0 Å². The first-order valence-corrected chi connectivity index (χ1v) is 8.79. The number of piperidine rings is 1. The molecule has 1 fully saturated rings. The van der Waals surface area contributed by atoms with Gasteiger partial charge in [0.2, 0.25) is 11.9 Å². The number of nitrogens with two attached hydrogens (primary N) is 1. The van der Waals surface area contributed by atoms with Gasteiger partial charge in [-0.2, -0.15) is 15.0 Å². The molecule has 8 nitrogen and oxygen atoms in total. The predicted octanol–water partition coefficient (Wildman–Crippen LogP) is 0.474. The van der Waals surface area contributed by atoms with Gasteiger partial charge in [0, 0.05) is 18.5 Å². The number of methoxy groups -OCH3 is 1. The summed E-state index contributed by atoms with van der Waals surface area (Å²) in [6.07, 6.45) is 1.63. The zero-order valence-corrected chi connectivity index (χ0v) is 15.2. The molecule has 0 aliphatic carbocycles. The molecule has 0 spiro atoms. The number of nitrogens with one attached hydrogen (secondary N) is 2. The number of quaternary nitrogens is 1. The molecule has 8 heteroatoms. The minimum Gasteiger partial charge on any atom is -0.469 e. The van der Waals surface area contributed by atoms with Gasteiger partial charge < -0.3 is 20.7 Å². The van der Waals surface area contributed by atoms with E-state index in [1.807, 2.05) is 31.2 Å². The Bertz CT molecular complexity index is 774. The second-order valence-electron chi connectivity index (χ2n) is 6.60. The molecule has 1 aromatic heterocycles. The molecular formula is C18H25N6O2+. The number of aromatic nitrogens is 3. The van der Waals surface area contributed by atoms with E-state index in [-0.39, 0.29) is 17.8 Å². The number of aryl methyl sites for hydroxylation is 1. The highest BCUT2D eigenvalue weighted by Gasteiger charge is 2.28. The van der Waals surface area contributed by atoms with Gasteiger partial charge in [-0.05, 0) is 18.6 Å². The van der Waals surface area contributed by atoms with Gasteiger partial charge in [-0.1, -0.05) is 18.2 Å². The van der Waals surface area contributed by atoms with E-state index in [0.717, 1.165) is 37.2 Å². The van der Waals surface area contributed by atoms with Gasteiger partial charge in [0.05, 0.1) is 26.1 Å². The van der Waals surface area contributed by atoms with Gasteiger partial charge >= 0.3 is 5.97 Å². The van der Waals surface area contributed by atoms with Crippen molar-refractivity contribution in [3.63, 3.8) is 0 Å². The number of anilines is 3. The molecule has 0 radical (unpaired) electrons.